The van der Waals surface area contributed by atoms with Gasteiger partial charge in [0.1, 0.15) is 22.5 Å². The molecule has 236 valence electrons. The van der Waals surface area contributed by atoms with Gasteiger partial charge in [0.2, 0.25) is 6.20 Å². The van der Waals surface area contributed by atoms with Crippen molar-refractivity contribution in [2.75, 3.05) is 4.90 Å². The second-order valence-corrected chi connectivity index (χ2v) is 13.9. The molecule has 0 radical (unpaired) electrons. The fraction of sp³-hybridized carbons (Fsp3) is 0.0222. The number of anilines is 3. The SMILES string of the molecule is c1ccc(-c2ccc(-c3cn4[n+](c3)C35c6c(cccc6-4)N4c6ccccc6Oc6ccc(c3c64)-n3c4ccccc4c4ccc[n+]5c43)cc2)cc1. The maximum atomic E-state index is 6.78. The molecule has 7 heterocycles. The van der Waals surface area contributed by atoms with Crippen LogP contribution in [0.25, 0.3) is 55.6 Å². The van der Waals surface area contributed by atoms with Gasteiger partial charge in [-0.3, -0.25) is 0 Å². The molecule has 0 fully saturated rings. The van der Waals surface area contributed by atoms with Crippen molar-refractivity contribution in [3.8, 4) is 45.1 Å². The summed E-state index contributed by atoms with van der Waals surface area (Å²) in [5, 5.41) is 2.47. The number of hydrogen-bond acceptors (Lipinski definition) is 2. The minimum atomic E-state index is -0.731. The van der Waals surface area contributed by atoms with Crippen LogP contribution >= 0.6 is 0 Å². The van der Waals surface area contributed by atoms with Crippen LogP contribution in [0.4, 0.5) is 17.1 Å². The normalized spacial score (nSPS) is 16.4. The Labute approximate surface area is 292 Å². The Hall–Kier alpha value is -6.92. The molecule has 0 amide bonds. The maximum Gasteiger partial charge on any atom is 0.394 e. The van der Waals surface area contributed by atoms with E-state index in [1.165, 1.54) is 55.4 Å². The van der Waals surface area contributed by atoms with E-state index in [0.29, 0.717) is 0 Å². The first kappa shape index (κ1) is 26.0. The first-order valence-electron chi connectivity index (χ1n) is 17.4. The van der Waals surface area contributed by atoms with Crippen molar-refractivity contribution in [3.63, 3.8) is 0 Å². The highest BCUT2D eigenvalue weighted by atomic mass is 16.5. The lowest BCUT2D eigenvalue weighted by molar-refractivity contribution is -0.987. The van der Waals surface area contributed by atoms with Gasteiger partial charge in [-0.1, -0.05) is 89.6 Å². The molecule has 1 atom stereocenters. The Kier molecular flexibility index (Phi) is 4.49. The summed E-state index contributed by atoms with van der Waals surface area (Å²) in [5.41, 5.74) is 14.5. The number of rotatable bonds is 2. The zero-order valence-corrected chi connectivity index (χ0v) is 27.2. The Balaban J connectivity index is 1.17. The number of nitrogens with zero attached hydrogens (tertiary/aromatic N) is 5. The van der Waals surface area contributed by atoms with Crippen LogP contribution in [0, 0.1) is 0 Å². The van der Waals surface area contributed by atoms with Gasteiger partial charge in [-0.05, 0) is 77.4 Å². The van der Waals surface area contributed by atoms with E-state index in [4.69, 9.17) is 4.74 Å². The molecule has 6 aromatic carbocycles. The molecule has 51 heavy (non-hydrogen) atoms. The lowest BCUT2D eigenvalue weighted by atomic mass is 9.80. The molecule has 13 rings (SSSR count). The van der Waals surface area contributed by atoms with Crippen molar-refractivity contribution in [3.05, 3.63) is 175 Å². The van der Waals surface area contributed by atoms with Crippen LogP contribution in [0.15, 0.2) is 164 Å². The van der Waals surface area contributed by atoms with E-state index in [1.54, 1.807) is 0 Å². The smallest absolute Gasteiger partial charge is 0.394 e. The van der Waals surface area contributed by atoms with Gasteiger partial charge in [0, 0.05) is 5.39 Å². The summed E-state index contributed by atoms with van der Waals surface area (Å²) in [7, 11) is 0. The number of ether oxygens (including phenoxy) is 1. The van der Waals surface area contributed by atoms with Crippen LogP contribution in [0.3, 0.4) is 0 Å². The van der Waals surface area contributed by atoms with Gasteiger partial charge in [-0.25, -0.2) is 0 Å². The van der Waals surface area contributed by atoms with Gasteiger partial charge in [0.25, 0.3) is 0 Å². The Morgan fingerprint density at radius 2 is 1.24 bits per heavy atom. The molecule has 3 aromatic heterocycles. The van der Waals surface area contributed by atoms with Gasteiger partial charge in [0.15, 0.2) is 22.7 Å². The van der Waals surface area contributed by atoms with E-state index >= 15 is 0 Å². The molecular formula is C45H27N5O+2. The molecule has 0 saturated heterocycles. The number of fused-ring (bicyclic) bond motifs is 9. The Morgan fingerprint density at radius 3 is 2.14 bits per heavy atom. The van der Waals surface area contributed by atoms with E-state index < -0.39 is 5.66 Å². The largest absolute Gasteiger partial charge is 0.453 e. The molecule has 4 aliphatic rings. The second-order valence-electron chi connectivity index (χ2n) is 13.9. The molecule has 6 nitrogen and oxygen atoms in total. The quantitative estimate of drug-likeness (QED) is 0.174. The van der Waals surface area contributed by atoms with E-state index in [-0.39, 0.29) is 0 Å². The van der Waals surface area contributed by atoms with Crippen molar-refractivity contribution in [1.82, 2.24) is 9.25 Å². The summed E-state index contributed by atoms with van der Waals surface area (Å²) in [6.45, 7) is 0. The first-order valence-corrected chi connectivity index (χ1v) is 17.4. The zero-order chi connectivity index (χ0) is 33.0. The molecule has 0 saturated carbocycles. The second kappa shape index (κ2) is 8.80. The highest BCUT2D eigenvalue weighted by molar-refractivity contribution is 6.08. The van der Waals surface area contributed by atoms with Crippen LogP contribution in [0.2, 0.25) is 0 Å². The van der Waals surface area contributed by atoms with Gasteiger partial charge in [-0.15, -0.1) is 4.68 Å². The highest BCUT2D eigenvalue weighted by Gasteiger charge is 2.69. The number of aromatic nitrogens is 4. The van der Waals surface area contributed by atoms with Crippen molar-refractivity contribution in [2.24, 2.45) is 0 Å². The van der Waals surface area contributed by atoms with Gasteiger partial charge < -0.3 is 9.64 Å². The lowest BCUT2D eigenvalue weighted by Gasteiger charge is -2.42. The summed E-state index contributed by atoms with van der Waals surface area (Å²) in [6.07, 6.45) is 6.93. The maximum absolute atomic E-state index is 6.78. The van der Waals surface area contributed by atoms with Gasteiger partial charge in [0.05, 0.1) is 34.7 Å². The predicted molar refractivity (Wildman–Crippen MR) is 198 cm³/mol. The number of para-hydroxylation sites is 3. The van der Waals surface area contributed by atoms with Crippen molar-refractivity contribution < 1.29 is 14.0 Å². The number of hydrogen-bond donors (Lipinski definition) is 0. The minimum Gasteiger partial charge on any atom is -0.453 e. The molecule has 0 aliphatic carbocycles. The fourth-order valence-electron chi connectivity index (χ4n) is 9.53. The van der Waals surface area contributed by atoms with Crippen molar-refractivity contribution in [1.29, 1.82) is 0 Å². The zero-order valence-electron chi connectivity index (χ0n) is 27.2. The molecule has 0 bridgehead atoms. The van der Waals surface area contributed by atoms with Crippen LogP contribution in [-0.2, 0) is 5.66 Å². The average molecular weight is 654 g/mol. The Morgan fingerprint density at radius 1 is 0.510 bits per heavy atom. The summed E-state index contributed by atoms with van der Waals surface area (Å²) < 4.78 is 16.6. The van der Waals surface area contributed by atoms with Crippen LogP contribution in [-0.4, -0.2) is 9.25 Å². The number of benzene rings is 6. The highest BCUT2D eigenvalue weighted by Crippen LogP contribution is 2.62. The van der Waals surface area contributed by atoms with Crippen LogP contribution < -0.4 is 18.9 Å². The van der Waals surface area contributed by atoms with Crippen molar-refractivity contribution in [2.45, 2.75) is 5.66 Å². The summed E-state index contributed by atoms with van der Waals surface area (Å²) in [6, 6.07) is 52.4. The molecule has 1 unspecified atom stereocenters. The van der Waals surface area contributed by atoms with Crippen molar-refractivity contribution >= 4 is 39.0 Å². The van der Waals surface area contributed by atoms with E-state index in [2.05, 4.69) is 188 Å². The molecule has 9 aromatic rings. The predicted octanol–water partition coefficient (Wildman–Crippen LogP) is 9.30. The molecule has 1 spiro atoms. The standard InChI is InChI=1S/C45H27N5O/c1-2-10-28(11-3-1)29-19-21-30(22-20-29)31-26-47-36-16-8-17-37-41(36)45(48(47)27-31)42-38(23-24-40-43(42)49(37)35-15-6-7-18-39(35)51-40)50-34-14-5-4-12-32(34)33-13-9-25-46(45)44(33)50/h1-27H/q+2. The third-order valence-electron chi connectivity index (χ3n) is 11.5. The van der Waals surface area contributed by atoms with Crippen LogP contribution in [0.1, 0.15) is 11.1 Å². The third-order valence-corrected chi connectivity index (χ3v) is 11.5. The average Bonchev–Trinajstić information content (AvgIpc) is 3.86. The molecular weight excluding hydrogens is 627 g/mol. The van der Waals surface area contributed by atoms with Gasteiger partial charge in [-0.2, -0.15) is 9.13 Å². The number of pyridine rings is 1. The molecule has 4 aliphatic heterocycles. The first-order chi connectivity index (χ1) is 25.3. The van der Waals surface area contributed by atoms with E-state index in [1.807, 2.05) is 0 Å². The van der Waals surface area contributed by atoms with E-state index in [9.17, 15) is 0 Å². The fourth-order valence-corrected chi connectivity index (χ4v) is 9.53. The van der Waals surface area contributed by atoms with Gasteiger partial charge >= 0.3 is 11.3 Å². The minimum absolute atomic E-state index is 0.731. The summed E-state index contributed by atoms with van der Waals surface area (Å²) >= 11 is 0. The molecule has 6 heteroatoms. The van der Waals surface area contributed by atoms with Crippen LogP contribution in [0.5, 0.6) is 11.5 Å². The lowest BCUT2D eigenvalue weighted by Crippen LogP contribution is -2.76. The monoisotopic (exact) mass is 653 g/mol. The van der Waals surface area contributed by atoms with E-state index in [0.717, 1.165) is 39.8 Å². The summed E-state index contributed by atoms with van der Waals surface area (Å²) in [4.78, 5) is 2.44. The molecule has 0 N–H and O–H groups in total. The Bertz CT molecular complexity index is 3010. The topological polar surface area (TPSA) is 30.1 Å². The third kappa shape index (κ3) is 2.91. The summed E-state index contributed by atoms with van der Waals surface area (Å²) in [5.74, 6) is 1.72.